The highest BCUT2D eigenvalue weighted by Crippen LogP contribution is 2.24. The van der Waals surface area contributed by atoms with Crippen molar-refractivity contribution in [3.05, 3.63) is 70.5 Å². The molecule has 6 nitrogen and oxygen atoms in total. The van der Waals surface area contributed by atoms with E-state index in [9.17, 15) is 18.8 Å². The van der Waals surface area contributed by atoms with Gasteiger partial charge in [0.05, 0.1) is 5.56 Å². The molecular formula is C25H29ClFN3O3. The Morgan fingerprint density at radius 2 is 1.67 bits per heavy atom. The number of hydrogen-bond donors (Lipinski definition) is 1. The van der Waals surface area contributed by atoms with Crippen LogP contribution in [0.15, 0.2) is 48.5 Å². The molecule has 1 fully saturated rings. The van der Waals surface area contributed by atoms with Gasteiger partial charge in [-0.1, -0.05) is 23.7 Å². The molecule has 3 amide bonds. The molecule has 1 aliphatic heterocycles. The summed E-state index contributed by atoms with van der Waals surface area (Å²) in [7, 11) is 0. The highest BCUT2D eigenvalue weighted by Gasteiger charge is 2.36. The van der Waals surface area contributed by atoms with Crippen LogP contribution in [-0.2, 0) is 4.79 Å². The molecule has 1 N–H and O–H groups in total. The number of likely N-dealkylation sites (N-methyl/N-ethyl adjacent to an activating group) is 1. The van der Waals surface area contributed by atoms with E-state index >= 15 is 0 Å². The van der Waals surface area contributed by atoms with E-state index in [0.717, 1.165) is 0 Å². The van der Waals surface area contributed by atoms with Gasteiger partial charge in [0.1, 0.15) is 11.9 Å². The molecule has 2 aromatic carbocycles. The van der Waals surface area contributed by atoms with Crippen molar-refractivity contribution in [1.82, 2.24) is 15.1 Å². The van der Waals surface area contributed by atoms with E-state index in [1.165, 1.54) is 18.2 Å². The van der Waals surface area contributed by atoms with Crippen molar-refractivity contribution < 1.29 is 18.8 Å². The molecular weight excluding hydrogens is 445 g/mol. The van der Waals surface area contributed by atoms with Crippen LogP contribution in [0, 0.1) is 11.7 Å². The zero-order valence-electron chi connectivity index (χ0n) is 18.9. The van der Waals surface area contributed by atoms with Gasteiger partial charge in [0.2, 0.25) is 5.91 Å². The van der Waals surface area contributed by atoms with Crippen LogP contribution in [0.1, 0.15) is 47.4 Å². The Bertz CT molecular complexity index is 987. The van der Waals surface area contributed by atoms with E-state index in [-0.39, 0.29) is 23.3 Å². The van der Waals surface area contributed by atoms with E-state index in [4.69, 9.17) is 11.6 Å². The summed E-state index contributed by atoms with van der Waals surface area (Å²) in [4.78, 5) is 42.3. The summed E-state index contributed by atoms with van der Waals surface area (Å²) in [6.45, 7) is 5.70. The van der Waals surface area contributed by atoms with E-state index in [1.807, 2.05) is 13.8 Å². The first-order chi connectivity index (χ1) is 15.8. The number of likely N-dealkylation sites (tertiary alicyclic amines) is 1. The number of nitrogens with zero attached hydrogens (tertiary/aromatic N) is 2. The molecule has 2 aromatic rings. The summed E-state index contributed by atoms with van der Waals surface area (Å²) in [5, 5.41) is 3.35. The second-order valence-electron chi connectivity index (χ2n) is 8.08. The van der Waals surface area contributed by atoms with Crippen LogP contribution < -0.4 is 5.32 Å². The van der Waals surface area contributed by atoms with Gasteiger partial charge in [-0.15, -0.1) is 0 Å². The third-order valence-corrected chi connectivity index (χ3v) is 6.39. The number of nitrogens with one attached hydrogen (secondary N) is 1. The Hall–Kier alpha value is -2.93. The lowest BCUT2D eigenvalue weighted by molar-refractivity contribution is -0.134. The van der Waals surface area contributed by atoms with E-state index in [0.29, 0.717) is 49.6 Å². The van der Waals surface area contributed by atoms with E-state index < -0.39 is 17.8 Å². The first-order valence-corrected chi connectivity index (χ1v) is 11.6. The fraction of sp³-hybridized carbons (Fsp3) is 0.400. The highest BCUT2D eigenvalue weighted by molar-refractivity contribution is 6.30. The van der Waals surface area contributed by atoms with Crippen LogP contribution in [0.5, 0.6) is 0 Å². The Kier molecular flexibility index (Phi) is 8.44. The second-order valence-corrected chi connectivity index (χ2v) is 8.51. The van der Waals surface area contributed by atoms with Gasteiger partial charge in [0.25, 0.3) is 11.8 Å². The van der Waals surface area contributed by atoms with Gasteiger partial charge in [0.15, 0.2) is 0 Å². The van der Waals surface area contributed by atoms with Crippen molar-refractivity contribution in [3.8, 4) is 0 Å². The minimum Gasteiger partial charge on any atom is -0.341 e. The van der Waals surface area contributed by atoms with Gasteiger partial charge in [-0.05, 0) is 69.0 Å². The fourth-order valence-corrected chi connectivity index (χ4v) is 4.31. The summed E-state index contributed by atoms with van der Waals surface area (Å²) in [6.07, 6.45) is 1.10. The monoisotopic (exact) mass is 473 g/mol. The zero-order chi connectivity index (χ0) is 24.0. The Morgan fingerprint density at radius 3 is 2.24 bits per heavy atom. The third kappa shape index (κ3) is 5.90. The molecule has 176 valence electrons. The lowest BCUT2D eigenvalue weighted by Crippen LogP contribution is -2.54. The molecule has 8 heteroatoms. The zero-order valence-corrected chi connectivity index (χ0v) is 19.6. The van der Waals surface area contributed by atoms with Crippen molar-refractivity contribution in [2.24, 2.45) is 5.92 Å². The number of rotatable bonds is 7. The largest absolute Gasteiger partial charge is 0.341 e. The van der Waals surface area contributed by atoms with Gasteiger partial charge < -0.3 is 15.1 Å². The predicted octanol–water partition coefficient (Wildman–Crippen LogP) is 4.00. The smallest absolute Gasteiger partial charge is 0.254 e. The number of halogens is 2. The lowest BCUT2D eigenvalue weighted by atomic mass is 9.87. The first kappa shape index (κ1) is 24.7. The molecule has 0 saturated carbocycles. The fourth-order valence-electron chi connectivity index (χ4n) is 4.19. The minimum atomic E-state index is -0.787. The van der Waals surface area contributed by atoms with Crippen molar-refractivity contribution in [3.63, 3.8) is 0 Å². The topological polar surface area (TPSA) is 69.7 Å². The second kappa shape index (κ2) is 11.3. The highest BCUT2D eigenvalue weighted by atomic mass is 35.5. The third-order valence-electron chi connectivity index (χ3n) is 6.14. The SMILES string of the molecule is CCN(CC)C(=O)C(NC(=O)c1ccccc1F)C1CCN(C(=O)c2ccc(Cl)cc2)CC1. The van der Waals surface area contributed by atoms with Crippen LogP contribution in [0.3, 0.4) is 0 Å². The van der Waals surface area contributed by atoms with Crippen LogP contribution in [0.4, 0.5) is 4.39 Å². The summed E-state index contributed by atoms with van der Waals surface area (Å²) in [5.41, 5.74) is 0.465. The molecule has 0 bridgehead atoms. The average Bonchev–Trinajstić information content (AvgIpc) is 2.83. The van der Waals surface area contributed by atoms with Crippen LogP contribution in [-0.4, -0.2) is 59.7 Å². The quantitative estimate of drug-likeness (QED) is 0.660. The number of hydrogen-bond acceptors (Lipinski definition) is 3. The molecule has 3 rings (SSSR count). The Morgan fingerprint density at radius 1 is 1.06 bits per heavy atom. The summed E-state index contributed by atoms with van der Waals surface area (Å²) >= 11 is 5.91. The Balaban J connectivity index is 1.73. The molecule has 1 atom stereocenters. The van der Waals surface area contributed by atoms with Crippen LogP contribution >= 0.6 is 11.6 Å². The van der Waals surface area contributed by atoms with Crippen molar-refractivity contribution in [1.29, 1.82) is 0 Å². The molecule has 1 unspecified atom stereocenters. The number of carbonyl (C=O) groups excluding carboxylic acids is 3. The molecule has 0 spiro atoms. The Labute approximate surface area is 198 Å². The average molecular weight is 474 g/mol. The molecule has 33 heavy (non-hydrogen) atoms. The standard InChI is InChI=1S/C25H29ClFN3O3/c1-3-29(4-2)25(33)22(28-23(31)20-7-5-6-8-21(20)27)17-13-15-30(16-14-17)24(32)18-9-11-19(26)12-10-18/h5-12,17,22H,3-4,13-16H2,1-2H3,(H,28,31). The van der Waals surface area contributed by atoms with Gasteiger partial charge in [-0.2, -0.15) is 0 Å². The molecule has 0 aliphatic carbocycles. The normalized spacial score (nSPS) is 15.1. The number of piperidine rings is 1. The molecule has 0 radical (unpaired) electrons. The van der Waals surface area contributed by atoms with E-state index in [1.54, 1.807) is 40.1 Å². The maximum atomic E-state index is 14.1. The number of carbonyl (C=O) groups is 3. The molecule has 0 aromatic heterocycles. The van der Waals surface area contributed by atoms with Gasteiger partial charge in [-0.3, -0.25) is 14.4 Å². The maximum absolute atomic E-state index is 14.1. The number of amides is 3. The van der Waals surface area contributed by atoms with E-state index in [2.05, 4.69) is 5.32 Å². The van der Waals surface area contributed by atoms with Crippen LogP contribution in [0.2, 0.25) is 5.02 Å². The molecule has 1 heterocycles. The van der Waals surface area contributed by atoms with Crippen molar-refractivity contribution in [2.75, 3.05) is 26.2 Å². The van der Waals surface area contributed by atoms with Crippen LogP contribution in [0.25, 0.3) is 0 Å². The predicted molar refractivity (Wildman–Crippen MR) is 126 cm³/mol. The summed E-state index contributed by atoms with van der Waals surface area (Å²) in [5.74, 6) is -1.69. The van der Waals surface area contributed by atoms with Crippen molar-refractivity contribution >= 4 is 29.3 Å². The lowest BCUT2D eigenvalue weighted by Gasteiger charge is -2.37. The summed E-state index contributed by atoms with van der Waals surface area (Å²) < 4.78 is 14.1. The first-order valence-electron chi connectivity index (χ1n) is 11.2. The van der Waals surface area contributed by atoms with Gasteiger partial charge >= 0.3 is 0 Å². The maximum Gasteiger partial charge on any atom is 0.254 e. The number of benzene rings is 2. The van der Waals surface area contributed by atoms with Gasteiger partial charge in [-0.25, -0.2) is 4.39 Å². The molecule has 1 saturated heterocycles. The van der Waals surface area contributed by atoms with Gasteiger partial charge in [0, 0.05) is 36.8 Å². The molecule has 1 aliphatic rings. The van der Waals surface area contributed by atoms with Crippen molar-refractivity contribution in [2.45, 2.75) is 32.7 Å². The summed E-state index contributed by atoms with van der Waals surface area (Å²) in [6, 6.07) is 11.7. The minimum absolute atomic E-state index is 0.0906.